The molecule has 2 heterocycles. The number of carboxylic acid groups (broad SMARTS) is 1. The molecule has 3 aromatic rings. The quantitative estimate of drug-likeness (QED) is 0.408. The highest BCUT2D eigenvalue weighted by Gasteiger charge is 2.17. The highest BCUT2D eigenvalue weighted by Crippen LogP contribution is 2.20. The van der Waals surface area contributed by atoms with E-state index in [-0.39, 0.29) is 48.3 Å². The molecule has 0 unspecified atom stereocenters. The van der Waals surface area contributed by atoms with E-state index in [9.17, 15) is 18.4 Å². The van der Waals surface area contributed by atoms with Gasteiger partial charge in [0, 0.05) is 25.5 Å². The summed E-state index contributed by atoms with van der Waals surface area (Å²) in [7, 11) is 0. The van der Waals surface area contributed by atoms with Crippen LogP contribution in [0.5, 0.6) is 0 Å². The van der Waals surface area contributed by atoms with Crippen LogP contribution in [0.25, 0.3) is 11.5 Å². The van der Waals surface area contributed by atoms with E-state index in [1.807, 2.05) is 0 Å². The third kappa shape index (κ3) is 5.02. The molecule has 156 valence electrons. The molecule has 30 heavy (non-hydrogen) atoms. The number of carbonyl (C=O) groups excluding carboxylic acids is 1. The summed E-state index contributed by atoms with van der Waals surface area (Å²) in [6, 6.07) is 7.62. The van der Waals surface area contributed by atoms with E-state index in [2.05, 4.69) is 20.4 Å². The van der Waals surface area contributed by atoms with Gasteiger partial charge < -0.3 is 10.4 Å². The molecule has 3 rings (SSSR count). The maximum atomic E-state index is 14.0. The zero-order chi connectivity index (χ0) is 21.7. The molecule has 0 amide bonds. The van der Waals surface area contributed by atoms with Gasteiger partial charge in [-0.3, -0.25) is 14.3 Å². The lowest BCUT2D eigenvalue weighted by atomic mass is 10.2. The van der Waals surface area contributed by atoms with Gasteiger partial charge in [0.05, 0.1) is 12.7 Å². The van der Waals surface area contributed by atoms with Crippen LogP contribution in [0.3, 0.4) is 0 Å². The third-order valence-corrected chi connectivity index (χ3v) is 4.25. The fourth-order valence-corrected chi connectivity index (χ4v) is 2.78. The Kier molecular flexibility index (Phi) is 6.45. The molecule has 2 aromatic heterocycles. The van der Waals surface area contributed by atoms with Crippen molar-refractivity contribution in [2.75, 3.05) is 11.9 Å². The molecule has 0 fully saturated rings. The summed E-state index contributed by atoms with van der Waals surface area (Å²) in [5.74, 6) is -2.37. The molecular weight excluding hydrogens is 396 g/mol. The number of nitrogens with one attached hydrogen (secondary N) is 1. The van der Waals surface area contributed by atoms with Crippen molar-refractivity contribution in [1.82, 2.24) is 19.7 Å². The molecule has 0 spiro atoms. The second kappa shape index (κ2) is 9.21. The predicted octanol–water partition coefficient (Wildman–Crippen LogP) is 3.15. The number of carboxylic acids is 1. The van der Waals surface area contributed by atoms with Crippen LogP contribution in [0.1, 0.15) is 35.8 Å². The predicted molar refractivity (Wildman–Crippen MR) is 104 cm³/mol. The van der Waals surface area contributed by atoms with E-state index in [0.717, 1.165) is 6.20 Å². The van der Waals surface area contributed by atoms with Crippen molar-refractivity contribution in [1.29, 1.82) is 0 Å². The van der Waals surface area contributed by atoms with Crippen LogP contribution in [-0.4, -0.2) is 43.2 Å². The molecule has 8 nitrogen and oxygen atoms in total. The second-order valence-corrected chi connectivity index (χ2v) is 6.53. The van der Waals surface area contributed by atoms with Gasteiger partial charge in [-0.15, -0.1) is 0 Å². The largest absolute Gasteiger partial charge is 0.481 e. The zero-order valence-electron chi connectivity index (χ0n) is 16.1. The number of carbonyl (C=O) groups is 2. The monoisotopic (exact) mass is 415 g/mol. The summed E-state index contributed by atoms with van der Waals surface area (Å²) >= 11 is 0. The number of benzene rings is 1. The molecule has 0 bridgehead atoms. The van der Waals surface area contributed by atoms with Gasteiger partial charge in [-0.05, 0) is 18.6 Å². The molecule has 10 heteroatoms. The van der Waals surface area contributed by atoms with Crippen molar-refractivity contribution in [3.05, 3.63) is 59.4 Å². The highest BCUT2D eigenvalue weighted by molar-refractivity contribution is 5.93. The Morgan fingerprint density at radius 1 is 1.20 bits per heavy atom. The van der Waals surface area contributed by atoms with Gasteiger partial charge in [-0.2, -0.15) is 5.10 Å². The summed E-state index contributed by atoms with van der Waals surface area (Å²) in [4.78, 5) is 30.6. The standard InChI is InChI=1S/C20H19F2N5O3/c1-12(28)17-9-16(26-27(17)11-13-5-2-3-6-14(13)21)20-24-10-15(22)19(25-20)23-8-4-7-18(29)30/h2-3,5-6,9-10H,4,7-8,11H2,1H3,(H,29,30)(H,23,24,25). The van der Waals surface area contributed by atoms with Crippen LogP contribution in [0.15, 0.2) is 36.5 Å². The second-order valence-electron chi connectivity index (χ2n) is 6.53. The summed E-state index contributed by atoms with van der Waals surface area (Å²) in [6.07, 6.45) is 1.19. The normalized spacial score (nSPS) is 10.8. The minimum atomic E-state index is -0.946. The first-order valence-corrected chi connectivity index (χ1v) is 9.16. The SMILES string of the molecule is CC(=O)c1cc(-c2ncc(F)c(NCCCC(=O)O)n2)nn1Cc1ccccc1F. The Hall–Kier alpha value is -3.69. The van der Waals surface area contributed by atoms with Gasteiger partial charge in [0.25, 0.3) is 0 Å². The molecule has 0 atom stereocenters. The Morgan fingerprint density at radius 2 is 1.97 bits per heavy atom. The van der Waals surface area contributed by atoms with E-state index in [4.69, 9.17) is 5.11 Å². The van der Waals surface area contributed by atoms with Crippen LogP contribution in [0.2, 0.25) is 0 Å². The van der Waals surface area contributed by atoms with E-state index in [1.54, 1.807) is 18.2 Å². The number of ketones is 1. The fourth-order valence-electron chi connectivity index (χ4n) is 2.78. The van der Waals surface area contributed by atoms with Crippen LogP contribution in [0.4, 0.5) is 14.6 Å². The van der Waals surface area contributed by atoms with Crippen molar-refractivity contribution in [2.24, 2.45) is 0 Å². The maximum absolute atomic E-state index is 14.0. The molecule has 0 saturated carbocycles. The Balaban J connectivity index is 1.86. The number of aliphatic carboxylic acids is 1. The lowest BCUT2D eigenvalue weighted by molar-refractivity contribution is -0.137. The van der Waals surface area contributed by atoms with Gasteiger partial charge in [-0.25, -0.2) is 18.7 Å². The van der Waals surface area contributed by atoms with E-state index in [0.29, 0.717) is 12.0 Å². The van der Waals surface area contributed by atoms with Crippen molar-refractivity contribution in [3.63, 3.8) is 0 Å². The van der Waals surface area contributed by atoms with E-state index >= 15 is 0 Å². The van der Waals surface area contributed by atoms with E-state index in [1.165, 1.54) is 23.7 Å². The third-order valence-electron chi connectivity index (χ3n) is 4.25. The molecule has 2 N–H and O–H groups in total. The first kappa shape index (κ1) is 21.0. The fraction of sp³-hybridized carbons (Fsp3) is 0.250. The lowest BCUT2D eigenvalue weighted by Gasteiger charge is -2.07. The summed E-state index contributed by atoms with van der Waals surface area (Å²) in [6.45, 7) is 1.60. The average molecular weight is 415 g/mol. The van der Waals surface area contributed by atoms with Gasteiger partial charge in [0.2, 0.25) is 0 Å². The van der Waals surface area contributed by atoms with Crippen molar-refractivity contribution in [2.45, 2.75) is 26.3 Å². The molecule has 0 radical (unpaired) electrons. The first-order valence-electron chi connectivity index (χ1n) is 9.16. The minimum absolute atomic E-state index is 0.0308. The maximum Gasteiger partial charge on any atom is 0.303 e. The van der Waals surface area contributed by atoms with Crippen LogP contribution < -0.4 is 5.32 Å². The van der Waals surface area contributed by atoms with Gasteiger partial charge in [0.15, 0.2) is 23.2 Å². The number of hydrogen-bond donors (Lipinski definition) is 2. The molecule has 0 aliphatic carbocycles. The van der Waals surface area contributed by atoms with Crippen LogP contribution in [-0.2, 0) is 11.3 Å². The zero-order valence-corrected chi connectivity index (χ0v) is 16.1. The smallest absolute Gasteiger partial charge is 0.303 e. The Morgan fingerprint density at radius 3 is 2.67 bits per heavy atom. The average Bonchev–Trinajstić information content (AvgIpc) is 3.12. The van der Waals surface area contributed by atoms with Gasteiger partial charge >= 0.3 is 5.97 Å². The molecule has 0 aliphatic heterocycles. The van der Waals surface area contributed by atoms with Crippen molar-refractivity contribution >= 4 is 17.6 Å². The Bertz CT molecular complexity index is 1080. The minimum Gasteiger partial charge on any atom is -0.481 e. The van der Waals surface area contributed by atoms with Crippen molar-refractivity contribution in [3.8, 4) is 11.5 Å². The van der Waals surface area contributed by atoms with Crippen LogP contribution in [0, 0.1) is 11.6 Å². The molecule has 0 aliphatic rings. The topological polar surface area (TPSA) is 110 Å². The molecular formula is C20H19F2N5O3. The number of Topliss-reactive ketones (excluding diaryl/α,β-unsaturated/α-hetero) is 1. The first-order chi connectivity index (χ1) is 14.3. The molecule has 1 aromatic carbocycles. The summed E-state index contributed by atoms with van der Waals surface area (Å²) in [5.41, 5.74) is 0.817. The number of nitrogens with zero attached hydrogens (tertiary/aromatic N) is 4. The summed E-state index contributed by atoms with van der Waals surface area (Å²) in [5, 5.41) is 15.7. The Labute approximate surface area is 170 Å². The van der Waals surface area contributed by atoms with Crippen LogP contribution >= 0.6 is 0 Å². The van der Waals surface area contributed by atoms with Crippen molar-refractivity contribution < 1.29 is 23.5 Å². The highest BCUT2D eigenvalue weighted by atomic mass is 19.1. The number of rotatable bonds is 9. The van der Waals surface area contributed by atoms with Gasteiger partial charge in [-0.1, -0.05) is 18.2 Å². The number of aromatic nitrogens is 4. The molecule has 0 saturated heterocycles. The van der Waals surface area contributed by atoms with E-state index < -0.39 is 17.6 Å². The van der Waals surface area contributed by atoms with Gasteiger partial charge in [0.1, 0.15) is 17.2 Å². The summed E-state index contributed by atoms with van der Waals surface area (Å²) < 4.78 is 29.3. The lowest BCUT2D eigenvalue weighted by Crippen LogP contribution is -2.10. The number of anilines is 1. The number of halogens is 2. The number of hydrogen-bond acceptors (Lipinski definition) is 6.